The Kier molecular flexibility index (Phi) is 3.06. The van der Waals surface area contributed by atoms with Crippen molar-refractivity contribution in [2.24, 2.45) is 0 Å². The van der Waals surface area contributed by atoms with Crippen LogP contribution in [-0.4, -0.2) is 36.7 Å². The van der Waals surface area contributed by atoms with Crippen LogP contribution in [0.15, 0.2) is 24.3 Å². The first-order valence-corrected chi connectivity index (χ1v) is 7.22. The van der Waals surface area contributed by atoms with E-state index >= 15 is 0 Å². The van der Waals surface area contributed by atoms with Gasteiger partial charge in [0, 0.05) is 30.7 Å². The number of nitrogen functional groups attached to an aromatic ring is 1. The van der Waals surface area contributed by atoms with Crippen LogP contribution < -0.4 is 5.73 Å². The monoisotopic (exact) mass is 260 g/mol. The summed E-state index contributed by atoms with van der Waals surface area (Å²) in [5.74, 6) is 0. The molecule has 3 rings (SSSR count). The number of hydrogen-bond acceptors (Lipinski definition) is 3. The molecular formula is C16H24N2O. The zero-order valence-corrected chi connectivity index (χ0v) is 12.0. The molecule has 0 radical (unpaired) electrons. The number of anilines is 1. The second-order valence-electron chi connectivity index (χ2n) is 6.72. The smallest absolute Gasteiger partial charge is 0.0753 e. The van der Waals surface area contributed by atoms with Gasteiger partial charge in [-0.15, -0.1) is 0 Å². The van der Waals surface area contributed by atoms with Gasteiger partial charge in [0.15, 0.2) is 0 Å². The van der Waals surface area contributed by atoms with Crippen molar-refractivity contribution in [2.45, 2.75) is 37.7 Å². The first-order chi connectivity index (χ1) is 8.99. The van der Waals surface area contributed by atoms with Crippen LogP contribution in [0.25, 0.3) is 0 Å². The zero-order valence-electron chi connectivity index (χ0n) is 12.0. The van der Waals surface area contributed by atoms with Crippen molar-refractivity contribution < 1.29 is 4.74 Å². The van der Waals surface area contributed by atoms with E-state index in [2.05, 4.69) is 30.9 Å². The maximum Gasteiger partial charge on any atom is 0.0753 e. The molecule has 1 heterocycles. The maximum absolute atomic E-state index is 5.79. The van der Waals surface area contributed by atoms with Crippen LogP contribution in [0.5, 0.6) is 0 Å². The van der Waals surface area contributed by atoms with E-state index in [0.717, 1.165) is 31.9 Å². The van der Waals surface area contributed by atoms with Crippen LogP contribution in [-0.2, 0) is 10.2 Å². The van der Waals surface area contributed by atoms with Crippen molar-refractivity contribution >= 4 is 5.69 Å². The van der Waals surface area contributed by atoms with Crippen LogP contribution in [0, 0.1) is 0 Å². The van der Waals surface area contributed by atoms with Crippen molar-refractivity contribution in [3.8, 4) is 0 Å². The lowest BCUT2D eigenvalue weighted by molar-refractivity contribution is -0.0877. The zero-order chi connectivity index (χ0) is 13.5. The van der Waals surface area contributed by atoms with Crippen LogP contribution in [0.1, 0.15) is 32.3 Å². The van der Waals surface area contributed by atoms with Crippen LogP contribution in [0.2, 0.25) is 0 Å². The van der Waals surface area contributed by atoms with E-state index in [0.29, 0.717) is 5.41 Å². The normalized spacial score (nSPS) is 25.2. The fraction of sp³-hybridized carbons (Fsp3) is 0.625. The van der Waals surface area contributed by atoms with Crippen LogP contribution in [0.3, 0.4) is 0 Å². The third-order valence-corrected chi connectivity index (χ3v) is 4.41. The third kappa shape index (κ3) is 2.77. The largest absolute Gasteiger partial charge is 0.399 e. The fourth-order valence-corrected chi connectivity index (χ4v) is 3.20. The Balaban J connectivity index is 1.70. The molecule has 0 atom stereocenters. The highest BCUT2D eigenvalue weighted by atomic mass is 16.5. The Labute approximate surface area is 115 Å². The number of nitrogens with two attached hydrogens (primary N) is 1. The molecule has 1 aromatic carbocycles. The van der Waals surface area contributed by atoms with Gasteiger partial charge in [0.1, 0.15) is 0 Å². The molecule has 1 saturated heterocycles. The van der Waals surface area contributed by atoms with Crippen molar-refractivity contribution in [1.29, 1.82) is 0 Å². The van der Waals surface area contributed by atoms with Crippen LogP contribution in [0.4, 0.5) is 5.69 Å². The highest BCUT2D eigenvalue weighted by Crippen LogP contribution is 2.49. The number of nitrogens with zero attached hydrogens (tertiary/aromatic N) is 1. The molecule has 2 N–H and O–H groups in total. The quantitative estimate of drug-likeness (QED) is 0.848. The summed E-state index contributed by atoms with van der Waals surface area (Å²) >= 11 is 0. The maximum atomic E-state index is 5.79. The minimum absolute atomic E-state index is 0.00452. The molecule has 3 heteroatoms. The fourth-order valence-electron chi connectivity index (χ4n) is 3.20. The Morgan fingerprint density at radius 2 is 1.89 bits per heavy atom. The van der Waals surface area contributed by atoms with E-state index in [9.17, 15) is 0 Å². The van der Waals surface area contributed by atoms with Gasteiger partial charge in [-0.1, -0.05) is 12.1 Å². The topological polar surface area (TPSA) is 38.5 Å². The lowest BCUT2D eigenvalue weighted by Gasteiger charge is -2.40. The lowest BCUT2D eigenvalue weighted by Crippen LogP contribution is -2.50. The number of benzene rings is 1. The third-order valence-electron chi connectivity index (χ3n) is 4.41. The summed E-state index contributed by atoms with van der Waals surface area (Å²) in [6.45, 7) is 8.46. The number of hydrogen-bond donors (Lipinski definition) is 1. The average Bonchev–Trinajstić information content (AvgIpc) is 3.09. The first-order valence-electron chi connectivity index (χ1n) is 7.22. The van der Waals surface area contributed by atoms with E-state index in [1.54, 1.807) is 0 Å². The summed E-state index contributed by atoms with van der Waals surface area (Å²) < 4.78 is 5.79. The van der Waals surface area contributed by atoms with Crippen molar-refractivity contribution in [3.63, 3.8) is 0 Å². The Morgan fingerprint density at radius 1 is 1.21 bits per heavy atom. The molecule has 0 amide bonds. The average molecular weight is 260 g/mol. The number of morpholine rings is 1. The van der Waals surface area contributed by atoms with E-state index < -0.39 is 0 Å². The number of rotatable bonds is 3. The SMILES string of the molecule is CC1(C)CN(CC2(c3ccc(N)cc3)CC2)CCO1. The van der Waals surface area contributed by atoms with E-state index in [4.69, 9.17) is 10.5 Å². The molecule has 19 heavy (non-hydrogen) atoms. The Bertz CT molecular complexity index is 448. The predicted molar refractivity (Wildman–Crippen MR) is 78.2 cm³/mol. The van der Waals surface area contributed by atoms with Gasteiger partial charge in [0.2, 0.25) is 0 Å². The summed E-state index contributed by atoms with van der Waals surface area (Å²) in [6, 6.07) is 8.46. The molecule has 1 saturated carbocycles. The van der Waals surface area contributed by atoms with Gasteiger partial charge in [0.05, 0.1) is 12.2 Å². The van der Waals surface area contributed by atoms with Crippen LogP contribution >= 0.6 is 0 Å². The molecule has 2 aliphatic rings. The molecular weight excluding hydrogens is 236 g/mol. The Morgan fingerprint density at radius 3 is 2.47 bits per heavy atom. The van der Waals surface area contributed by atoms with Crippen molar-refractivity contribution in [1.82, 2.24) is 4.90 Å². The highest BCUT2D eigenvalue weighted by molar-refractivity contribution is 5.43. The second-order valence-corrected chi connectivity index (χ2v) is 6.72. The molecule has 3 nitrogen and oxygen atoms in total. The molecule has 0 spiro atoms. The summed E-state index contributed by atoms with van der Waals surface area (Å²) in [4.78, 5) is 2.56. The second kappa shape index (κ2) is 4.50. The molecule has 0 aromatic heterocycles. The lowest BCUT2D eigenvalue weighted by atomic mass is 9.94. The van der Waals surface area contributed by atoms with E-state index in [1.165, 1.54) is 18.4 Å². The molecule has 0 unspecified atom stereocenters. The molecule has 1 aliphatic heterocycles. The van der Waals surface area contributed by atoms with Crippen molar-refractivity contribution in [3.05, 3.63) is 29.8 Å². The summed E-state index contributed by atoms with van der Waals surface area (Å²) in [6.07, 6.45) is 2.60. The van der Waals surface area contributed by atoms with E-state index in [-0.39, 0.29) is 5.60 Å². The van der Waals surface area contributed by atoms with Gasteiger partial charge < -0.3 is 10.5 Å². The Hall–Kier alpha value is -1.06. The molecule has 104 valence electrons. The molecule has 0 bridgehead atoms. The molecule has 2 fully saturated rings. The van der Waals surface area contributed by atoms with Crippen molar-refractivity contribution in [2.75, 3.05) is 32.0 Å². The summed E-state index contributed by atoms with van der Waals surface area (Å²) in [5.41, 5.74) is 8.46. The minimum Gasteiger partial charge on any atom is -0.399 e. The van der Waals surface area contributed by atoms with Gasteiger partial charge in [-0.05, 0) is 44.4 Å². The van der Waals surface area contributed by atoms with E-state index in [1.807, 2.05) is 12.1 Å². The highest BCUT2D eigenvalue weighted by Gasteiger charge is 2.46. The first kappa shape index (κ1) is 12.9. The van der Waals surface area contributed by atoms with Gasteiger partial charge in [0.25, 0.3) is 0 Å². The predicted octanol–water partition coefficient (Wildman–Crippen LogP) is 2.41. The number of ether oxygens (including phenoxy) is 1. The van der Waals surface area contributed by atoms with Gasteiger partial charge in [-0.3, -0.25) is 4.90 Å². The molecule has 1 aromatic rings. The summed E-state index contributed by atoms with van der Waals surface area (Å²) in [7, 11) is 0. The van der Waals surface area contributed by atoms with Gasteiger partial charge in [-0.25, -0.2) is 0 Å². The molecule has 1 aliphatic carbocycles. The van der Waals surface area contributed by atoms with Gasteiger partial charge in [-0.2, -0.15) is 0 Å². The van der Waals surface area contributed by atoms with Gasteiger partial charge >= 0.3 is 0 Å². The summed E-state index contributed by atoms with van der Waals surface area (Å²) in [5, 5.41) is 0. The standard InChI is InChI=1S/C16H24N2O/c1-15(2)11-18(9-10-19-15)12-16(7-8-16)13-3-5-14(17)6-4-13/h3-6H,7-12,17H2,1-2H3. The minimum atomic E-state index is -0.00452.